The molecule has 14 rings (SSSR count). The molecule has 0 aliphatic carbocycles. The predicted octanol–water partition coefficient (Wildman–Crippen LogP) is 21.8. The molecule has 0 unspecified atom stereocenters. The number of ether oxygens (including phenoxy) is 1. The van der Waals surface area contributed by atoms with Crippen molar-refractivity contribution < 1.29 is 30.9 Å². The van der Waals surface area contributed by atoms with Gasteiger partial charge in [0.05, 0.1) is 12.5 Å². The molecule has 0 saturated carbocycles. The monoisotopic (exact) mass is 1320 g/mol. The number of benzene rings is 11. The van der Waals surface area contributed by atoms with Crippen molar-refractivity contribution in [2.24, 2.45) is 0 Å². The molecule has 11 aromatic carbocycles. The van der Waals surface area contributed by atoms with E-state index in [1.54, 1.807) is 6.20 Å². The van der Waals surface area contributed by atoms with Gasteiger partial charge in [-0.1, -0.05) is 126 Å². The van der Waals surface area contributed by atoms with E-state index >= 15 is 0 Å². The van der Waals surface area contributed by atoms with Crippen LogP contribution < -0.4 is 14.5 Å². The summed E-state index contributed by atoms with van der Waals surface area (Å²) < 4.78 is 56.3. The average molecular weight is 1320 g/mol. The molecule has 0 saturated heterocycles. The third kappa shape index (κ3) is 10.3. The molecule has 432 valence electrons. The van der Waals surface area contributed by atoms with Crippen molar-refractivity contribution >= 4 is 45.3 Å². The van der Waals surface area contributed by atoms with Crippen molar-refractivity contribution in [1.82, 2.24) is 14.1 Å². The Kier molecular flexibility index (Phi) is 13.0. The van der Waals surface area contributed by atoms with Gasteiger partial charge in [-0.15, -0.1) is 0 Å². The average Bonchev–Trinajstić information content (AvgIpc) is 1.73. The molecule has 2 aromatic heterocycles. The van der Waals surface area contributed by atoms with Crippen LogP contribution in [-0.4, -0.2) is 14.1 Å². The molecule has 88 heavy (non-hydrogen) atoms. The van der Waals surface area contributed by atoms with Crippen LogP contribution in [0.25, 0.3) is 78.0 Å². The summed E-state index contributed by atoms with van der Waals surface area (Å²) in [4.78, 5) is 9.76. The van der Waals surface area contributed by atoms with Crippen LogP contribution in [0.15, 0.2) is 267 Å². The van der Waals surface area contributed by atoms with E-state index < -0.39 is 18.1 Å². The van der Waals surface area contributed by atoms with Crippen LogP contribution in [0.3, 0.4) is 0 Å². The van der Waals surface area contributed by atoms with Crippen LogP contribution in [-0.2, 0) is 30.2 Å². The Labute approximate surface area is 534 Å². The van der Waals surface area contributed by atoms with Crippen molar-refractivity contribution in [2.45, 2.75) is 59.3 Å². The van der Waals surface area contributed by atoms with Crippen LogP contribution in [0.1, 0.15) is 65.1 Å². The fraction of sp³-hybridized carbons (Fsp3) is 0.111. The van der Waals surface area contributed by atoms with Crippen LogP contribution in [0.5, 0.6) is 11.5 Å². The van der Waals surface area contributed by atoms with Gasteiger partial charge in [-0.3, -0.25) is 0 Å². The van der Waals surface area contributed by atoms with Gasteiger partial charge >= 0.3 is 306 Å². The Morgan fingerprint density at radius 3 is 1.52 bits per heavy atom. The minimum absolute atomic E-state index is 0.0829. The van der Waals surface area contributed by atoms with Gasteiger partial charge in [0, 0.05) is 23.0 Å². The molecule has 1 aliphatic rings. The Hall–Kier alpha value is -9.87. The number of aromatic nitrogens is 3. The number of aryl methyl sites for hydroxylation is 1. The first-order valence-corrected chi connectivity index (χ1v) is 30.7. The van der Waals surface area contributed by atoms with Crippen LogP contribution in [0, 0.1) is 22.9 Å². The number of hydrogen-bond acceptors (Lipinski definition) is 4. The number of fused-ring (bicyclic) bond motifs is 7. The molecule has 0 radical (unpaired) electrons. The summed E-state index contributed by atoms with van der Waals surface area (Å²) in [6.45, 7) is 15.5. The van der Waals surface area contributed by atoms with E-state index in [4.69, 9.17) is 16.6 Å². The van der Waals surface area contributed by atoms with Gasteiger partial charge in [-0.2, -0.15) is 0 Å². The van der Waals surface area contributed by atoms with Gasteiger partial charge in [-0.05, 0) is 64.3 Å². The Morgan fingerprint density at radius 1 is 0.443 bits per heavy atom. The van der Waals surface area contributed by atoms with Gasteiger partial charge in [0.2, 0.25) is 0 Å². The molecule has 1 aliphatic heterocycles. The van der Waals surface area contributed by atoms with E-state index in [0.29, 0.717) is 34.1 Å². The molecular formula is C81H65N5OPt-2. The number of hydrogen-bond donors (Lipinski definition) is 0. The van der Waals surface area contributed by atoms with Gasteiger partial charge in [0.25, 0.3) is 0 Å². The second kappa shape index (κ2) is 22.8. The molecule has 0 bridgehead atoms. The second-order valence-electron chi connectivity index (χ2n) is 24.3. The molecular weight excluding hydrogens is 1250 g/mol. The third-order valence-electron chi connectivity index (χ3n) is 16.5. The van der Waals surface area contributed by atoms with Crippen molar-refractivity contribution in [1.29, 1.82) is 0 Å². The molecule has 0 N–H and O–H groups in total. The zero-order valence-electron chi connectivity index (χ0n) is 55.0. The topological polar surface area (TPSA) is 38.5 Å². The second-order valence-corrected chi connectivity index (χ2v) is 25.3. The first-order chi connectivity index (χ1) is 44.8. The first kappa shape index (κ1) is 50.3. The van der Waals surface area contributed by atoms with E-state index in [9.17, 15) is 0 Å². The van der Waals surface area contributed by atoms with Gasteiger partial charge in [0.1, 0.15) is 0 Å². The van der Waals surface area contributed by atoms with Crippen molar-refractivity contribution in [3.8, 4) is 78.5 Å². The van der Waals surface area contributed by atoms with E-state index in [2.05, 4.69) is 292 Å². The fourth-order valence-electron chi connectivity index (χ4n) is 12.1. The number of nitrogens with zero attached hydrogens (tertiary/aromatic N) is 5. The Bertz CT molecular complexity index is 5040. The van der Waals surface area contributed by atoms with Crippen molar-refractivity contribution in [2.75, 3.05) is 9.80 Å². The summed E-state index contributed by atoms with van der Waals surface area (Å²) >= 11 is 2.46. The number of pyridine rings is 1. The summed E-state index contributed by atoms with van der Waals surface area (Å²) in [5.74, 6) is 1.39. The zero-order valence-corrected chi connectivity index (χ0v) is 52.2. The maximum atomic E-state index is 9.01. The van der Waals surface area contributed by atoms with Crippen LogP contribution in [0.2, 0.25) is 0 Å². The summed E-state index contributed by atoms with van der Waals surface area (Å²) in [5, 5.41) is 0. The van der Waals surface area contributed by atoms with E-state index in [0.717, 1.165) is 93.5 Å². The summed E-state index contributed by atoms with van der Waals surface area (Å²) in [6, 6.07) is 86.3. The molecule has 13 aromatic rings. The van der Waals surface area contributed by atoms with Gasteiger partial charge in [0.15, 0.2) is 0 Å². The SMILES string of the molecule is [2H]c1c([2H])c([2H])c(-c2cnc(N3c4[c-]c(Oc5[c-]c(-n6[c](=[Pt])n(-c7c(-c8ccccc8)cccc7-c7ccccc7)c7ccccc76)ccc5)ccc4-c4ccccc4N(c4cc(C(C)(C)C)cc(C(C)(C)C)c4)c4ccccc4-c4ccccc43)cc2C)c([2H])c1[2H]. The minimum Gasteiger partial charge on any atom is -0.0616 e. The molecule has 0 fully saturated rings. The molecule has 7 heteroatoms. The van der Waals surface area contributed by atoms with E-state index in [-0.39, 0.29) is 28.5 Å². The molecule has 0 atom stereocenters. The number of imidazole rings is 1. The Morgan fingerprint density at radius 2 is 0.943 bits per heavy atom. The minimum atomic E-state index is -0.454. The van der Waals surface area contributed by atoms with Gasteiger partial charge < -0.3 is 4.90 Å². The predicted molar refractivity (Wildman–Crippen MR) is 360 cm³/mol. The summed E-state index contributed by atoms with van der Waals surface area (Å²) in [5.41, 5.74) is 19.5. The number of anilines is 6. The molecule has 0 spiro atoms. The quantitative estimate of drug-likeness (QED) is 0.135. The standard InChI is InChI=1S/C81H65N5O.Pt/c1-55-47-78(82-53-71(55)58-31-15-10-16-32-58)86-74-42-22-19-36-68(74)67-35-17-20-40-72(67)85(62-49-59(80(2,3)4)48-60(50-62)81(5,6)7)73-41-21-18-37-69(73)70-46-45-64(52-77(70)86)87-63-34-25-33-61(51-63)83-54-84(76-44-24-23-43-75(76)83)79-65(56-27-11-8-12-28-56)38-26-39-66(79)57-29-13-9-14-30-57;/h8-50,53H,1-7H3;/q-2;/i10D,15D,16D,31D,32D;. The van der Waals surface area contributed by atoms with E-state index in [1.807, 2.05) is 37.3 Å². The summed E-state index contributed by atoms with van der Waals surface area (Å²) in [7, 11) is 0. The zero-order chi connectivity index (χ0) is 64.6. The molecule has 3 heterocycles. The summed E-state index contributed by atoms with van der Waals surface area (Å²) in [6.07, 6.45) is 1.62. The Balaban J connectivity index is 0.982. The van der Waals surface area contributed by atoms with Crippen molar-refractivity contribution in [3.63, 3.8) is 0 Å². The smallest absolute Gasteiger partial charge is 0.0616 e. The normalized spacial score (nSPS) is 13.1. The van der Waals surface area contributed by atoms with Crippen molar-refractivity contribution in [3.05, 3.63) is 300 Å². The van der Waals surface area contributed by atoms with Crippen LogP contribution >= 0.6 is 0 Å². The first-order valence-electron chi connectivity index (χ1n) is 32.1. The van der Waals surface area contributed by atoms with Gasteiger partial charge in [-0.25, -0.2) is 0 Å². The van der Waals surface area contributed by atoms with Crippen LogP contribution in [0.4, 0.5) is 34.3 Å². The number of para-hydroxylation sites is 6. The fourth-order valence-corrected chi connectivity index (χ4v) is 13.1. The number of rotatable bonds is 9. The molecule has 0 amide bonds. The molecule has 6 nitrogen and oxygen atoms in total. The maximum absolute atomic E-state index is 9.01. The van der Waals surface area contributed by atoms with E-state index in [1.165, 1.54) is 11.1 Å². The third-order valence-corrected chi connectivity index (χ3v) is 17.5.